The van der Waals surface area contributed by atoms with Gasteiger partial charge in [0.05, 0.1) is 18.8 Å². The smallest absolute Gasteiger partial charge is 0.325 e. The average molecular weight is 444 g/mol. The van der Waals surface area contributed by atoms with Gasteiger partial charge in [-0.3, -0.25) is 24.0 Å². The number of nitrogens with one attached hydrogen (secondary N) is 4. The highest BCUT2D eigenvalue weighted by Crippen LogP contribution is 2.02. The fourth-order valence-electron chi connectivity index (χ4n) is 2.23. The van der Waals surface area contributed by atoms with Crippen molar-refractivity contribution in [2.45, 2.75) is 43.9 Å². The van der Waals surface area contributed by atoms with E-state index in [4.69, 9.17) is 15.9 Å². The van der Waals surface area contributed by atoms with Crippen molar-refractivity contribution in [1.82, 2.24) is 25.9 Å². The third kappa shape index (κ3) is 8.08. The van der Waals surface area contributed by atoms with Gasteiger partial charge in [-0.25, -0.2) is 4.98 Å². The summed E-state index contributed by atoms with van der Waals surface area (Å²) in [4.78, 5) is 65.2. The standard InChI is InChI=1S/C16H24N6O7S/c1-7(16(28)29)20-15(27)11(5-30)22-14(26)10(2-8-4-18-6-19-8)21-13(25)9(17)3-12(23)24/h4,6-7,9-11,30H,2-3,5,17H2,1H3,(H,18,19)(H,20,27)(H,21,25)(H,22,26)(H,23,24)(H,28,29). The Labute approximate surface area is 176 Å². The summed E-state index contributed by atoms with van der Waals surface area (Å²) in [6, 6.07) is -4.98. The Morgan fingerprint density at radius 1 is 1.10 bits per heavy atom. The maximum atomic E-state index is 12.7. The molecule has 4 unspecified atom stereocenters. The number of carbonyl (C=O) groups excluding carboxylic acids is 3. The first kappa shape index (κ1) is 24.9. The number of carboxylic acids is 2. The van der Waals surface area contributed by atoms with Crippen LogP contribution in [0.1, 0.15) is 19.0 Å². The predicted molar refractivity (Wildman–Crippen MR) is 105 cm³/mol. The van der Waals surface area contributed by atoms with E-state index < -0.39 is 60.2 Å². The van der Waals surface area contributed by atoms with Crippen molar-refractivity contribution in [3.05, 3.63) is 18.2 Å². The zero-order valence-electron chi connectivity index (χ0n) is 16.0. The van der Waals surface area contributed by atoms with Gasteiger partial charge in [0.25, 0.3) is 0 Å². The largest absolute Gasteiger partial charge is 0.481 e. The van der Waals surface area contributed by atoms with Crippen LogP contribution in [-0.4, -0.2) is 79.8 Å². The van der Waals surface area contributed by atoms with Gasteiger partial charge in [-0.2, -0.15) is 12.6 Å². The monoisotopic (exact) mass is 444 g/mol. The van der Waals surface area contributed by atoms with Crippen LogP contribution in [0.15, 0.2) is 12.5 Å². The number of aromatic nitrogens is 2. The van der Waals surface area contributed by atoms with Crippen LogP contribution in [0, 0.1) is 0 Å². The molecule has 0 fully saturated rings. The van der Waals surface area contributed by atoms with E-state index in [0.717, 1.165) is 0 Å². The molecule has 1 rings (SSSR count). The molecule has 1 aromatic rings. The minimum atomic E-state index is -1.39. The van der Waals surface area contributed by atoms with E-state index in [2.05, 4.69) is 38.5 Å². The van der Waals surface area contributed by atoms with Crippen molar-refractivity contribution in [2.75, 3.05) is 5.75 Å². The summed E-state index contributed by atoms with van der Waals surface area (Å²) in [5.41, 5.74) is 6.00. The molecule has 1 aromatic heterocycles. The summed E-state index contributed by atoms with van der Waals surface area (Å²) >= 11 is 3.99. The second kappa shape index (κ2) is 11.8. The molecule has 0 bridgehead atoms. The fourth-order valence-corrected chi connectivity index (χ4v) is 2.48. The van der Waals surface area contributed by atoms with Crippen molar-refractivity contribution in [3.8, 4) is 0 Å². The van der Waals surface area contributed by atoms with E-state index in [9.17, 15) is 24.0 Å². The van der Waals surface area contributed by atoms with Gasteiger partial charge in [-0.05, 0) is 6.92 Å². The molecule has 166 valence electrons. The second-order valence-electron chi connectivity index (χ2n) is 6.36. The highest BCUT2D eigenvalue weighted by molar-refractivity contribution is 7.80. The number of nitrogens with two attached hydrogens (primary N) is 1. The van der Waals surface area contributed by atoms with Crippen LogP contribution < -0.4 is 21.7 Å². The van der Waals surface area contributed by atoms with Crippen LogP contribution in [0.25, 0.3) is 0 Å². The lowest BCUT2D eigenvalue weighted by Gasteiger charge is -2.23. The molecule has 0 spiro atoms. The van der Waals surface area contributed by atoms with Crippen molar-refractivity contribution >= 4 is 42.3 Å². The molecular formula is C16H24N6O7S. The Morgan fingerprint density at radius 3 is 2.20 bits per heavy atom. The molecule has 0 aromatic carbocycles. The van der Waals surface area contributed by atoms with Crippen molar-refractivity contribution < 1.29 is 34.2 Å². The number of nitrogens with zero attached hydrogens (tertiary/aromatic N) is 1. The molecule has 4 atom stereocenters. The SMILES string of the molecule is CC(NC(=O)C(CS)NC(=O)C(Cc1cnc[nH]1)NC(=O)C(N)CC(=O)O)C(=O)O. The molecule has 0 aliphatic heterocycles. The molecule has 8 N–H and O–H groups in total. The molecule has 14 heteroatoms. The molecule has 30 heavy (non-hydrogen) atoms. The van der Waals surface area contributed by atoms with Gasteiger partial charge in [-0.15, -0.1) is 0 Å². The Bertz CT molecular complexity index is 772. The van der Waals surface area contributed by atoms with Crippen molar-refractivity contribution in [2.24, 2.45) is 5.73 Å². The van der Waals surface area contributed by atoms with Crippen LogP contribution in [0.4, 0.5) is 0 Å². The number of amides is 3. The van der Waals surface area contributed by atoms with Crippen LogP contribution in [-0.2, 0) is 30.4 Å². The normalized spacial score (nSPS) is 14.6. The van der Waals surface area contributed by atoms with Gasteiger partial charge in [0.1, 0.15) is 18.1 Å². The lowest BCUT2D eigenvalue weighted by molar-refractivity contribution is -0.141. The van der Waals surface area contributed by atoms with E-state index in [1.807, 2.05) is 0 Å². The van der Waals surface area contributed by atoms with Gasteiger partial charge in [0.2, 0.25) is 17.7 Å². The van der Waals surface area contributed by atoms with E-state index in [0.29, 0.717) is 5.69 Å². The van der Waals surface area contributed by atoms with Gasteiger partial charge in [0, 0.05) is 24.1 Å². The number of carboxylic acid groups (broad SMARTS) is 2. The summed E-state index contributed by atoms with van der Waals surface area (Å²) in [6.45, 7) is 1.25. The zero-order valence-corrected chi connectivity index (χ0v) is 16.9. The van der Waals surface area contributed by atoms with Crippen LogP contribution in [0.5, 0.6) is 0 Å². The van der Waals surface area contributed by atoms with E-state index in [-0.39, 0.29) is 12.2 Å². The summed E-state index contributed by atoms with van der Waals surface area (Å²) in [6.07, 6.45) is 2.09. The van der Waals surface area contributed by atoms with Gasteiger partial charge >= 0.3 is 11.9 Å². The molecule has 3 amide bonds. The average Bonchev–Trinajstić information content (AvgIpc) is 3.17. The lowest BCUT2D eigenvalue weighted by Crippen LogP contribution is -2.58. The Morgan fingerprint density at radius 2 is 1.70 bits per heavy atom. The molecule has 0 radical (unpaired) electrons. The molecule has 0 aliphatic rings. The van der Waals surface area contributed by atoms with Crippen LogP contribution >= 0.6 is 12.6 Å². The Kier molecular flexibility index (Phi) is 9.77. The predicted octanol–water partition coefficient (Wildman–Crippen LogP) is -2.76. The van der Waals surface area contributed by atoms with E-state index in [1.165, 1.54) is 19.4 Å². The number of rotatable bonds is 12. The van der Waals surface area contributed by atoms with E-state index >= 15 is 0 Å². The number of hydrogen-bond acceptors (Lipinski definition) is 8. The van der Waals surface area contributed by atoms with Gasteiger partial charge in [0.15, 0.2) is 0 Å². The number of hydrogen-bond donors (Lipinski definition) is 8. The maximum Gasteiger partial charge on any atom is 0.325 e. The minimum absolute atomic E-state index is 0.0518. The number of aromatic amines is 1. The second-order valence-corrected chi connectivity index (χ2v) is 6.72. The van der Waals surface area contributed by atoms with Gasteiger partial charge < -0.3 is 36.9 Å². The fraction of sp³-hybridized carbons (Fsp3) is 0.500. The Hall–Kier alpha value is -3.13. The maximum absolute atomic E-state index is 12.7. The summed E-state index contributed by atoms with van der Waals surface area (Å²) < 4.78 is 0. The van der Waals surface area contributed by atoms with E-state index in [1.54, 1.807) is 0 Å². The van der Waals surface area contributed by atoms with Crippen molar-refractivity contribution in [3.63, 3.8) is 0 Å². The zero-order chi connectivity index (χ0) is 22.8. The van der Waals surface area contributed by atoms with Gasteiger partial charge in [-0.1, -0.05) is 0 Å². The number of imidazole rings is 1. The summed E-state index contributed by atoms with van der Waals surface area (Å²) in [7, 11) is 0. The quantitative estimate of drug-likeness (QED) is 0.156. The topological polar surface area (TPSA) is 217 Å². The number of aliphatic carboxylic acids is 2. The third-order valence-corrected chi connectivity index (χ3v) is 4.25. The molecule has 1 heterocycles. The molecule has 0 saturated carbocycles. The minimum Gasteiger partial charge on any atom is -0.481 e. The summed E-state index contributed by atoms with van der Waals surface area (Å²) in [5.74, 6) is -5.12. The van der Waals surface area contributed by atoms with Crippen LogP contribution in [0.2, 0.25) is 0 Å². The Balaban J connectivity index is 2.89. The molecule has 0 aliphatic carbocycles. The summed E-state index contributed by atoms with van der Waals surface area (Å²) in [5, 5.41) is 24.6. The first-order valence-electron chi connectivity index (χ1n) is 8.74. The first-order valence-corrected chi connectivity index (χ1v) is 9.37. The number of carbonyl (C=O) groups is 5. The highest BCUT2D eigenvalue weighted by atomic mass is 32.1. The molecular weight excluding hydrogens is 420 g/mol. The molecule has 0 saturated heterocycles. The highest BCUT2D eigenvalue weighted by Gasteiger charge is 2.29. The number of thiol groups is 1. The first-order chi connectivity index (χ1) is 14.0. The lowest BCUT2D eigenvalue weighted by atomic mass is 10.1. The van der Waals surface area contributed by atoms with Crippen LogP contribution in [0.3, 0.4) is 0 Å². The van der Waals surface area contributed by atoms with Crippen molar-refractivity contribution in [1.29, 1.82) is 0 Å². The molecule has 13 nitrogen and oxygen atoms in total. The third-order valence-electron chi connectivity index (χ3n) is 3.89. The number of H-pyrrole nitrogens is 1.